The lowest BCUT2D eigenvalue weighted by Crippen LogP contribution is -2.40. The lowest BCUT2D eigenvalue weighted by molar-refractivity contribution is -0.131. The number of carbonyl (C=O) groups is 1. The fourth-order valence-corrected chi connectivity index (χ4v) is 3.14. The van der Waals surface area contributed by atoms with Crippen LogP contribution in [0.2, 0.25) is 0 Å². The van der Waals surface area contributed by atoms with Crippen LogP contribution in [0.25, 0.3) is 0 Å². The molecule has 0 radical (unpaired) electrons. The predicted octanol–water partition coefficient (Wildman–Crippen LogP) is 2.34. The van der Waals surface area contributed by atoms with Crippen LogP contribution >= 0.6 is 0 Å². The number of piperidine rings is 1. The van der Waals surface area contributed by atoms with Crippen LogP contribution in [0, 0.1) is 20.8 Å². The SMILES string of the molecule is Cc1cncc([C@@H]2CCCN(C(=O)Cc3c(C)noc3C)C2)n1. The number of carbonyl (C=O) groups excluding carboxylic acids is 1. The van der Waals surface area contributed by atoms with E-state index in [0.29, 0.717) is 13.0 Å². The second-order valence-corrected chi connectivity index (χ2v) is 6.24. The molecule has 1 saturated heterocycles. The molecule has 6 heteroatoms. The molecule has 2 aromatic rings. The fourth-order valence-electron chi connectivity index (χ4n) is 3.14. The summed E-state index contributed by atoms with van der Waals surface area (Å²) in [4.78, 5) is 23.4. The van der Waals surface area contributed by atoms with Crippen LogP contribution in [0.1, 0.15) is 47.2 Å². The van der Waals surface area contributed by atoms with E-state index < -0.39 is 0 Å². The molecule has 3 heterocycles. The van der Waals surface area contributed by atoms with Crippen molar-refractivity contribution in [3.05, 3.63) is 40.8 Å². The van der Waals surface area contributed by atoms with Crippen molar-refractivity contribution in [2.75, 3.05) is 13.1 Å². The highest BCUT2D eigenvalue weighted by Gasteiger charge is 2.27. The molecule has 0 bridgehead atoms. The van der Waals surface area contributed by atoms with Gasteiger partial charge in [-0.25, -0.2) is 0 Å². The third-order valence-corrected chi connectivity index (χ3v) is 4.48. The normalized spacial score (nSPS) is 18.2. The zero-order valence-corrected chi connectivity index (χ0v) is 13.9. The summed E-state index contributed by atoms with van der Waals surface area (Å²) in [6.07, 6.45) is 5.97. The minimum atomic E-state index is 0.129. The standard InChI is InChI=1S/C17H22N4O2/c1-11-8-18-9-16(19-11)14-5-4-6-21(10-14)17(22)7-15-12(2)20-23-13(15)3/h8-9,14H,4-7,10H2,1-3H3/t14-/m1/s1. The number of likely N-dealkylation sites (tertiary alicyclic amines) is 1. The molecule has 0 aromatic carbocycles. The van der Waals surface area contributed by atoms with Crippen molar-refractivity contribution in [1.29, 1.82) is 0 Å². The van der Waals surface area contributed by atoms with E-state index >= 15 is 0 Å². The quantitative estimate of drug-likeness (QED) is 0.869. The molecule has 1 fully saturated rings. The smallest absolute Gasteiger partial charge is 0.227 e. The van der Waals surface area contributed by atoms with Gasteiger partial charge >= 0.3 is 0 Å². The molecule has 0 spiro atoms. The van der Waals surface area contributed by atoms with Gasteiger partial charge in [-0.2, -0.15) is 0 Å². The van der Waals surface area contributed by atoms with Gasteiger partial charge in [-0.1, -0.05) is 5.16 Å². The molecular weight excluding hydrogens is 292 g/mol. The number of hydrogen-bond donors (Lipinski definition) is 0. The van der Waals surface area contributed by atoms with Crippen LogP contribution in [0.15, 0.2) is 16.9 Å². The Morgan fingerprint density at radius 2 is 2.17 bits per heavy atom. The van der Waals surface area contributed by atoms with Gasteiger partial charge in [-0.05, 0) is 33.6 Å². The van der Waals surface area contributed by atoms with Gasteiger partial charge in [0.2, 0.25) is 5.91 Å². The third kappa shape index (κ3) is 3.41. The summed E-state index contributed by atoms with van der Waals surface area (Å²) in [6, 6.07) is 0. The molecule has 2 aromatic heterocycles. The monoisotopic (exact) mass is 314 g/mol. The second kappa shape index (κ2) is 6.48. The number of rotatable bonds is 3. The maximum atomic E-state index is 12.6. The van der Waals surface area contributed by atoms with Crippen molar-refractivity contribution in [3.8, 4) is 0 Å². The van der Waals surface area contributed by atoms with E-state index in [1.807, 2.05) is 31.9 Å². The molecule has 0 N–H and O–H groups in total. The summed E-state index contributed by atoms with van der Waals surface area (Å²) in [6.45, 7) is 7.18. The van der Waals surface area contributed by atoms with Crippen LogP contribution in [0.5, 0.6) is 0 Å². The number of aromatic nitrogens is 3. The van der Waals surface area contributed by atoms with Crippen LogP contribution in [0.3, 0.4) is 0 Å². The summed E-state index contributed by atoms with van der Waals surface area (Å²) >= 11 is 0. The number of hydrogen-bond acceptors (Lipinski definition) is 5. The second-order valence-electron chi connectivity index (χ2n) is 6.24. The van der Waals surface area contributed by atoms with E-state index in [0.717, 1.165) is 47.8 Å². The zero-order chi connectivity index (χ0) is 16.4. The number of aryl methyl sites for hydroxylation is 3. The number of amides is 1. The molecule has 0 unspecified atom stereocenters. The van der Waals surface area contributed by atoms with E-state index in [1.54, 1.807) is 6.20 Å². The molecule has 6 nitrogen and oxygen atoms in total. The third-order valence-electron chi connectivity index (χ3n) is 4.48. The van der Waals surface area contributed by atoms with Crippen molar-refractivity contribution in [2.45, 2.75) is 46.0 Å². The first-order chi connectivity index (χ1) is 11.0. The highest BCUT2D eigenvalue weighted by molar-refractivity contribution is 5.79. The summed E-state index contributed by atoms with van der Waals surface area (Å²) in [5, 5.41) is 3.92. The first-order valence-corrected chi connectivity index (χ1v) is 8.02. The van der Waals surface area contributed by atoms with Gasteiger partial charge in [-0.15, -0.1) is 0 Å². The zero-order valence-electron chi connectivity index (χ0n) is 13.9. The van der Waals surface area contributed by atoms with Gasteiger partial charge in [0, 0.05) is 37.0 Å². The Morgan fingerprint density at radius 3 is 2.87 bits per heavy atom. The molecule has 1 atom stereocenters. The summed E-state index contributed by atoms with van der Waals surface area (Å²) < 4.78 is 5.15. The molecule has 23 heavy (non-hydrogen) atoms. The van der Waals surface area contributed by atoms with E-state index in [1.165, 1.54) is 0 Å². The molecule has 0 saturated carbocycles. The highest BCUT2D eigenvalue weighted by Crippen LogP contribution is 2.26. The molecule has 122 valence electrons. The molecule has 1 amide bonds. The molecule has 1 aliphatic rings. The Bertz CT molecular complexity index is 691. The summed E-state index contributed by atoms with van der Waals surface area (Å²) in [5.74, 6) is 1.13. The minimum absolute atomic E-state index is 0.129. The Balaban J connectivity index is 1.70. The maximum Gasteiger partial charge on any atom is 0.227 e. The Hall–Kier alpha value is -2.24. The molecule has 0 aliphatic carbocycles. The average molecular weight is 314 g/mol. The summed E-state index contributed by atoms with van der Waals surface area (Å²) in [5.41, 5.74) is 3.61. The van der Waals surface area contributed by atoms with Crippen molar-refractivity contribution in [2.24, 2.45) is 0 Å². The lowest BCUT2D eigenvalue weighted by Gasteiger charge is -2.32. The van der Waals surface area contributed by atoms with Gasteiger partial charge in [0.15, 0.2) is 0 Å². The van der Waals surface area contributed by atoms with Crippen LogP contribution in [-0.2, 0) is 11.2 Å². The Labute approximate surface area is 135 Å². The fraction of sp³-hybridized carbons (Fsp3) is 0.529. The van der Waals surface area contributed by atoms with Gasteiger partial charge in [0.25, 0.3) is 0 Å². The molecular formula is C17H22N4O2. The van der Waals surface area contributed by atoms with E-state index in [4.69, 9.17) is 4.52 Å². The first-order valence-electron chi connectivity index (χ1n) is 8.02. The van der Waals surface area contributed by atoms with Gasteiger partial charge < -0.3 is 9.42 Å². The Morgan fingerprint density at radius 1 is 1.35 bits per heavy atom. The van der Waals surface area contributed by atoms with E-state index in [2.05, 4.69) is 15.1 Å². The largest absolute Gasteiger partial charge is 0.361 e. The first kappa shape index (κ1) is 15.6. The minimum Gasteiger partial charge on any atom is -0.361 e. The lowest BCUT2D eigenvalue weighted by atomic mass is 9.94. The molecule has 3 rings (SSSR count). The van der Waals surface area contributed by atoms with Crippen LogP contribution in [-0.4, -0.2) is 39.0 Å². The van der Waals surface area contributed by atoms with Gasteiger partial charge in [0.05, 0.1) is 23.5 Å². The van der Waals surface area contributed by atoms with E-state index in [9.17, 15) is 4.79 Å². The topological polar surface area (TPSA) is 72.1 Å². The summed E-state index contributed by atoms with van der Waals surface area (Å²) in [7, 11) is 0. The number of nitrogens with zero attached hydrogens (tertiary/aromatic N) is 4. The van der Waals surface area contributed by atoms with Crippen molar-refractivity contribution < 1.29 is 9.32 Å². The van der Waals surface area contributed by atoms with Crippen LogP contribution in [0.4, 0.5) is 0 Å². The maximum absolute atomic E-state index is 12.6. The van der Waals surface area contributed by atoms with Crippen molar-refractivity contribution in [1.82, 2.24) is 20.0 Å². The van der Waals surface area contributed by atoms with E-state index in [-0.39, 0.29) is 11.8 Å². The van der Waals surface area contributed by atoms with Crippen molar-refractivity contribution in [3.63, 3.8) is 0 Å². The van der Waals surface area contributed by atoms with Gasteiger partial charge in [-0.3, -0.25) is 14.8 Å². The predicted molar refractivity (Wildman–Crippen MR) is 85.0 cm³/mol. The van der Waals surface area contributed by atoms with Crippen molar-refractivity contribution >= 4 is 5.91 Å². The van der Waals surface area contributed by atoms with Gasteiger partial charge in [0.1, 0.15) is 5.76 Å². The molecule has 1 aliphatic heterocycles. The Kier molecular flexibility index (Phi) is 4.41. The average Bonchev–Trinajstić information content (AvgIpc) is 2.87. The van der Waals surface area contributed by atoms with Crippen LogP contribution < -0.4 is 0 Å². The highest BCUT2D eigenvalue weighted by atomic mass is 16.5.